The van der Waals surface area contributed by atoms with E-state index in [1.807, 2.05) is 30.3 Å². The largest absolute Gasteiger partial charge is 0.394 e. The van der Waals surface area contributed by atoms with E-state index >= 15 is 0 Å². The molecule has 3 N–H and O–H groups in total. The molecular formula is C26H30FN5O2. The summed E-state index contributed by atoms with van der Waals surface area (Å²) in [6.07, 6.45) is 3.08. The molecule has 2 aromatic carbocycles. The molecule has 0 saturated heterocycles. The zero-order valence-corrected chi connectivity index (χ0v) is 19.6. The van der Waals surface area contributed by atoms with E-state index in [1.54, 1.807) is 13.2 Å². The summed E-state index contributed by atoms with van der Waals surface area (Å²) in [5.41, 5.74) is 5.45. The summed E-state index contributed by atoms with van der Waals surface area (Å²) >= 11 is 0. The molecule has 8 heteroatoms. The first-order chi connectivity index (χ1) is 16.4. The summed E-state index contributed by atoms with van der Waals surface area (Å²) in [5, 5.41) is 20.2. The molecule has 2 aromatic rings. The highest BCUT2D eigenvalue weighted by Gasteiger charge is 2.38. The van der Waals surface area contributed by atoms with Crippen LogP contribution >= 0.6 is 0 Å². The van der Waals surface area contributed by atoms with Crippen LogP contribution in [-0.2, 0) is 4.84 Å². The molecule has 2 atom stereocenters. The average molecular weight is 464 g/mol. The Morgan fingerprint density at radius 2 is 2.12 bits per heavy atom. The van der Waals surface area contributed by atoms with E-state index in [0.29, 0.717) is 23.7 Å². The van der Waals surface area contributed by atoms with Crippen LogP contribution in [0.15, 0.2) is 54.2 Å². The molecule has 0 radical (unpaired) electrons. The molecule has 178 valence electrons. The SMILES string of the molecule is CN/C=C(\C=N)C1[C@@H](CONc2cc(F)cc(C#N)c2)c2ccccc2C(=O)CN1CC(C)C. The van der Waals surface area contributed by atoms with E-state index in [-0.39, 0.29) is 36.5 Å². The van der Waals surface area contributed by atoms with Gasteiger partial charge in [0, 0.05) is 49.1 Å². The van der Waals surface area contributed by atoms with Crippen LogP contribution in [-0.4, -0.2) is 49.7 Å². The number of benzene rings is 2. The maximum atomic E-state index is 13.8. The summed E-state index contributed by atoms with van der Waals surface area (Å²) in [5.74, 6) is -0.512. The molecule has 0 aliphatic carbocycles. The molecule has 34 heavy (non-hydrogen) atoms. The van der Waals surface area contributed by atoms with E-state index in [0.717, 1.165) is 17.2 Å². The fourth-order valence-corrected chi connectivity index (χ4v) is 4.44. The van der Waals surface area contributed by atoms with E-state index in [9.17, 15) is 9.18 Å². The molecule has 3 rings (SSSR count). The Morgan fingerprint density at radius 1 is 1.35 bits per heavy atom. The van der Waals surface area contributed by atoms with Gasteiger partial charge in [0.25, 0.3) is 0 Å². The third-order valence-corrected chi connectivity index (χ3v) is 5.68. The lowest BCUT2D eigenvalue weighted by Crippen LogP contribution is -2.45. The van der Waals surface area contributed by atoms with Crippen LogP contribution in [0.1, 0.15) is 41.3 Å². The van der Waals surface area contributed by atoms with Gasteiger partial charge in [0.15, 0.2) is 5.78 Å². The van der Waals surface area contributed by atoms with Gasteiger partial charge in [-0.05, 0) is 29.7 Å². The number of carbonyl (C=O) groups excluding carboxylic acids is 1. The quantitative estimate of drug-likeness (QED) is 0.382. The van der Waals surface area contributed by atoms with Gasteiger partial charge in [0.05, 0.1) is 30.5 Å². The van der Waals surface area contributed by atoms with E-state index in [1.165, 1.54) is 18.3 Å². The number of fused-ring (bicyclic) bond motifs is 1. The minimum absolute atomic E-state index is 0.0225. The maximum absolute atomic E-state index is 13.8. The van der Waals surface area contributed by atoms with Gasteiger partial charge in [-0.25, -0.2) is 4.39 Å². The molecule has 0 amide bonds. The van der Waals surface area contributed by atoms with Crippen molar-refractivity contribution in [3.8, 4) is 6.07 Å². The van der Waals surface area contributed by atoms with Crippen molar-refractivity contribution in [1.29, 1.82) is 10.7 Å². The van der Waals surface area contributed by atoms with Gasteiger partial charge in [-0.1, -0.05) is 38.1 Å². The predicted octanol–water partition coefficient (Wildman–Crippen LogP) is 4.10. The Hall–Kier alpha value is -3.54. The number of hydrogen-bond acceptors (Lipinski definition) is 7. The predicted molar refractivity (Wildman–Crippen MR) is 130 cm³/mol. The van der Waals surface area contributed by atoms with Crippen LogP contribution in [0.4, 0.5) is 10.1 Å². The van der Waals surface area contributed by atoms with E-state index < -0.39 is 5.82 Å². The van der Waals surface area contributed by atoms with Crippen molar-refractivity contribution in [2.45, 2.75) is 25.8 Å². The molecule has 0 spiro atoms. The van der Waals surface area contributed by atoms with Crippen molar-refractivity contribution >= 4 is 17.7 Å². The highest BCUT2D eigenvalue weighted by molar-refractivity contribution is 6.00. The number of carbonyl (C=O) groups is 1. The second-order valence-electron chi connectivity index (χ2n) is 8.72. The van der Waals surface area contributed by atoms with Gasteiger partial charge in [0.2, 0.25) is 0 Å². The number of ketones is 1. The summed E-state index contributed by atoms with van der Waals surface area (Å²) in [7, 11) is 1.77. The number of nitriles is 1. The van der Waals surface area contributed by atoms with Gasteiger partial charge in [0.1, 0.15) is 5.82 Å². The Bertz CT molecular complexity index is 1110. The second kappa shape index (κ2) is 11.5. The smallest absolute Gasteiger partial charge is 0.177 e. The lowest BCUT2D eigenvalue weighted by Gasteiger charge is -2.36. The fourth-order valence-electron chi connectivity index (χ4n) is 4.44. The average Bonchev–Trinajstić information content (AvgIpc) is 2.91. The van der Waals surface area contributed by atoms with Crippen molar-refractivity contribution in [2.24, 2.45) is 5.92 Å². The number of nitrogens with zero attached hydrogens (tertiary/aromatic N) is 2. The Morgan fingerprint density at radius 3 is 2.79 bits per heavy atom. The molecule has 1 unspecified atom stereocenters. The fraction of sp³-hybridized carbons (Fsp3) is 0.346. The van der Waals surface area contributed by atoms with Crippen molar-refractivity contribution in [3.05, 3.63) is 76.7 Å². The standard InChI is InChI=1S/C26H30FN5O2/c1-17(2)14-32-15-25(33)23-7-5-4-6-22(23)24(26(32)19(12-29)13-30-3)16-34-31-21-9-18(11-28)8-20(27)10-21/h4-10,12-13,17,24,26,29-31H,14-16H2,1-3H3/b19-13+,29-12?/t24-,26?/m0/s1. The summed E-state index contributed by atoms with van der Waals surface area (Å²) < 4.78 is 13.8. The minimum atomic E-state index is -0.542. The van der Waals surface area contributed by atoms with Crippen LogP contribution in [0.5, 0.6) is 0 Å². The number of halogens is 1. The molecule has 1 aliphatic rings. The number of Topliss-reactive ketones (excluding diaryl/α,β-unsaturated/α-hetero) is 1. The van der Waals surface area contributed by atoms with E-state index in [4.69, 9.17) is 15.5 Å². The Balaban J connectivity index is 2.00. The first kappa shape index (κ1) is 25.1. The Labute approximate surface area is 199 Å². The summed E-state index contributed by atoms with van der Waals surface area (Å²) in [4.78, 5) is 21.1. The summed E-state index contributed by atoms with van der Waals surface area (Å²) in [6.45, 7) is 5.23. The van der Waals surface area contributed by atoms with Crippen LogP contribution in [0, 0.1) is 28.5 Å². The first-order valence-corrected chi connectivity index (χ1v) is 11.2. The summed E-state index contributed by atoms with van der Waals surface area (Å²) in [6, 6.07) is 13.0. The molecule has 0 saturated carbocycles. The zero-order valence-electron chi connectivity index (χ0n) is 19.6. The van der Waals surface area contributed by atoms with Gasteiger partial charge >= 0.3 is 0 Å². The van der Waals surface area contributed by atoms with E-state index in [2.05, 4.69) is 29.5 Å². The monoisotopic (exact) mass is 463 g/mol. The van der Waals surface area contributed by atoms with Crippen molar-refractivity contribution in [1.82, 2.24) is 10.2 Å². The lowest BCUT2D eigenvalue weighted by molar-refractivity contribution is 0.0863. The second-order valence-corrected chi connectivity index (χ2v) is 8.72. The maximum Gasteiger partial charge on any atom is 0.177 e. The topological polar surface area (TPSA) is 101 Å². The van der Waals surface area contributed by atoms with Gasteiger partial charge in [-0.15, -0.1) is 0 Å². The number of anilines is 1. The first-order valence-electron chi connectivity index (χ1n) is 11.2. The van der Waals surface area contributed by atoms with Crippen LogP contribution in [0.3, 0.4) is 0 Å². The third-order valence-electron chi connectivity index (χ3n) is 5.68. The van der Waals surface area contributed by atoms with Gasteiger partial charge in [-0.3, -0.25) is 20.0 Å². The van der Waals surface area contributed by atoms with Crippen molar-refractivity contribution in [3.63, 3.8) is 0 Å². The van der Waals surface area contributed by atoms with Crippen LogP contribution in [0.2, 0.25) is 0 Å². The van der Waals surface area contributed by atoms with Gasteiger partial charge in [-0.2, -0.15) is 5.26 Å². The number of hydrogen-bond donors (Lipinski definition) is 3. The molecular weight excluding hydrogens is 433 g/mol. The highest BCUT2D eigenvalue weighted by atomic mass is 19.1. The third kappa shape index (κ3) is 5.87. The van der Waals surface area contributed by atoms with Crippen LogP contribution < -0.4 is 10.8 Å². The zero-order chi connectivity index (χ0) is 24.7. The molecule has 0 bridgehead atoms. The highest BCUT2D eigenvalue weighted by Crippen LogP contribution is 2.34. The van der Waals surface area contributed by atoms with Crippen molar-refractivity contribution in [2.75, 3.05) is 32.2 Å². The Kier molecular flexibility index (Phi) is 8.52. The van der Waals surface area contributed by atoms with Crippen molar-refractivity contribution < 1.29 is 14.0 Å². The molecule has 1 heterocycles. The normalized spacial score (nSPS) is 18.7. The number of nitrogens with one attached hydrogen (secondary N) is 3. The molecule has 1 aliphatic heterocycles. The molecule has 7 nitrogen and oxygen atoms in total. The molecule has 0 aromatic heterocycles. The lowest BCUT2D eigenvalue weighted by atomic mass is 9.85. The minimum Gasteiger partial charge on any atom is -0.394 e. The molecule has 0 fully saturated rings. The number of rotatable bonds is 9. The van der Waals surface area contributed by atoms with Crippen LogP contribution in [0.25, 0.3) is 0 Å². The van der Waals surface area contributed by atoms with Gasteiger partial charge < -0.3 is 10.7 Å².